The molecule has 0 aliphatic carbocycles. The van der Waals surface area contributed by atoms with Gasteiger partial charge < -0.3 is 14.8 Å². The molecule has 0 fully saturated rings. The molecule has 0 saturated heterocycles. The Morgan fingerprint density at radius 3 is 2.36 bits per heavy atom. The van der Waals surface area contributed by atoms with Gasteiger partial charge in [-0.3, -0.25) is 14.9 Å². The van der Waals surface area contributed by atoms with Crippen LogP contribution in [0, 0.1) is 21.7 Å². The number of benzene rings is 3. The number of hydrogen-bond donors (Lipinski definition) is 2. The molecule has 8 nitrogen and oxygen atoms in total. The second-order valence-corrected chi connectivity index (χ2v) is 6.99. The van der Waals surface area contributed by atoms with Crippen molar-refractivity contribution in [2.45, 2.75) is 0 Å². The van der Waals surface area contributed by atoms with Crippen LogP contribution in [0.25, 0.3) is 33.4 Å². The van der Waals surface area contributed by atoms with Crippen LogP contribution in [0.1, 0.15) is 20.7 Å². The van der Waals surface area contributed by atoms with Gasteiger partial charge in [0, 0.05) is 12.6 Å². The summed E-state index contributed by atoms with van der Waals surface area (Å²) in [6.45, 7) is 0. The number of aromatic carboxylic acids is 1. The van der Waals surface area contributed by atoms with Crippen LogP contribution in [-0.2, 0) is 0 Å². The van der Waals surface area contributed by atoms with Gasteiger partial charge in [-0.25, -0.2) is 13.6 Å². The van der Waals surface area contributed by atoms with Gasteiger partial charge in [0.25, 0.3) is 11.6 Å². The Labute approximate surface area is 184 Å². The van der Waals surface area contributed by atoms with Crippen molar-refractivity contribution in [1.29, 1.82) is 0 Å². The van der Waals surface area contributed by atoms with Crippen molar-refractivity contribution >= 4 is 28.5 Å². The van der Waals surface area contributed by atoms with Crippen LogP contribution in [0.4, 0.5) is 14.5 Å². The van der Waals surface area contributed by atoms with E-state index in [9.17, 15) is 29.2 Å². The van der Waals surface area contributed by atoms with Crippen LogP contribution >= 0.6 is 0 Å². The van der Waals surface area contributed by atoms with Gasteiger partial charge in [0.2, 0.25) is 0 Å². The van der Waals surface area contributed by atoms with E-state index in [0.29, 0.717) is 0 Å². The molecule has 1 amide bonds. The molecule has 4 aromatic rings. The molecular formula is C23H14F2N2O6. The largest absolute Gasteiger partial charge is 0.478 e. The number of carbonyl (C=O) groups is 2. The predicted molar refractivity (Wildman–Crippen MR) is 114 cm³/mol. The van der Waals surface area contributed by atoms with E-state index in [-0.39, 0.29) is 39.0 Å². The first kappa shape index (κ1) is 21.6. The molecule has 1 heterocycles. The van der Waals surface area contributed by atoms with Gasteiger partial charge in [0.05, 0.1) is 33.1 Å². The zero-order valence-electron chi connectivity index (χ0n) is 16.9. The Hall–Kier alpha value is -4.60. The smallest absolute Gasteiger partial charge is 0.335 e. The number of nitro benzene ring substituents is 1. The molecule has 0 unspecified atom stereocenters. The van der Waals surface area contributed by atoms with E-state index < -0.39 is 39.7 Å². The highest BCUT2D eigenvalue weighted by atomic mass is 19.1. The van der Waals surface area contributed by atoms with Crippen LogP contribution in [-0.4, -0.2) is 29.0 Å². The van der Waals surface area contributed by atoms with Crippen molar-refractivity contribution in [3.63, 3.8) is 0 Å². The van der Waals surface area contributed by atoms with Crippen LogP contribution < -0.4 is 5.32 Å². The fourth-order valence-corrected chi connectivity index (χ4v) is 3.57. The first-order valence-corrected chi connectivity index (χ1v) is 9.48. The van der Waals surface area contributed by atoms with Gasteiger partial charge in [-0.1, -0.05) is 12.1 Å². The van der Waals surface area contributed by atoms with Crippen molar-refractivity contribution < 1.29 is 32.8 Å². The topological polar surface area (TPSA) is 123 Å². The lowest BCUT2D eigenvalue weighted by molar-refractivity contribution is -0.384. The number of nitro groups is 1. The minimum absolute atomic E-state index is 0.0617. The van der Waals surface area contributed by atoms with Crippen molar-refractivity contribution in [2.75, 3.05) is 7.05 Å². The summed E-state index contributed by atoms with van der Waals surface area (Å²) in [5.41, 5.74) is -1.68. The summed E-state index contributed by atoms with van der Waals surface area (Å²) in [6.07, 6.45) is 0. The number of nitrogens with one attached hydrogen (secondary N) is 1. The summed E-state index contributed by atoms with van der Waals surface area (Å²) in [5.74, 6) is -3.80. The molecular weight excluding hydrogens is 438 g/mol. The molecule has 10 heteroatoms. The quantitative estimate of drug-likeness (QED) is 0.324. The molecule has 0 radical (unpaired) electrons. The highest BCUT2D eigenvalue weighted by Gasteiger charge is 2.31. The maximum absolute atomic E-state index is 15.9. The fraction of sp³-hybridized carbons (Fsp3) is 0.0435. The van der Waals surface area contributed by atoms with Crippen molar-refractivity contribution in [2.24, 2.45) is 0 Å². The molecule has 0 spiro atoms. The standard InChI is InChI=1S/C23H14F2N2O6/c1-26-22(28)19-18-16(33-21(19)11-5-7-14(24)8-6-11)10-15(27(31)32)17(20(18)25)12-3-2-4-13(9-12)23(29)30/h2-10H,1H3,(H,26,28)(H,29,30). The lowest BCUT2D eigenvalue weighted by Crippen LogP contribution is -2.18. The van der Waals surface area contributed by atoms with Crippen molar-refractivity contribution in [3.8, 4) is 22.5 Å². The summed E-state index contributed by atoms with van der Waals surface area (Å²) in [7, 11) is 1.32. The number of fused-ring (bicyclic) bond motifs is 1. The van der Waals surface area contributed by atoms with Gasteiger partial charge in [0.15, 0.2) is 0 Å². The maximum Gasteiger partial charge on any atom is 0.335 e. The first-order valence-electron chi connectivity index (χ1n) is 9.48. The summed E-state index contributed by atoms with van der Waals surface area (Å²) in [6, 6.07) is 10.9. The molecule has 4 rings (SSSR count). The third kappa shape index (κ3) is 3.67. The minimum atomic E-state index is -1.30. The lowest BCUT2D eigenvalue weighted by Gasteiger charge is -2.08. The average Bonchev–Trinajstić information content (AvgIpc) is 3.18. The van der Waals surface area contributed by atoms with E-state index in [1.807, 2.05) is 0 Å². The number of furan rings is 1. The molecule has 33 heavy (non-hydrogen) atoms. The second-order valence-electron chi connectivity index (χ2n) is 6.99. The predicted octanol–water partition coefficient (Wildman–Crippen LogP) is 5.01. The number of amides is 1. The molecule has 0 atom stereocenters. The third-order valence-electron chi connectivity index (χ3n) is 5.05. The van der Waals surface area contributed by atoms with Gasteiger partial charge in [-0.05, 0) is 42.0 Å². The molecule has 0 bridgehead atoms. The number of rotatable bonds is 5. The Kier molecular flexibility index (Phi) is 5.34. The fourth-order valence-electron chi connectivity index (χ4n) is 3.57. The number of halogens is 2. The van der Waals surface area contributed by atoms with Gasteiger partial charge in [-0.2, -0.15) is 0 Å². The van der Waals surface area contributed by atoms with Crippen LogP contribution in [0.2, 0.25) is 0 Å². The molecule has 0 saturated carbocycles. The van der Waals surface area contributed by atoms with Crippen molar-refractivity contribution in [3.05, 3.63) is 87.5 Å². The van der Waals surface area contributed by atoms with Crippen LogP contribution in [0.15, 0.2) is 59.0 Å². The molecule has 0 aliphatic rings. The molecule has 1 aromatic heterocycles. The van der Waals surface area contributed by atoms with Gasteiger partial charge >= 0.3 is 5.97 Å². The van der Waals surface area contributed by atoms with Crippen LogP contribution in [0.5, 0.6) is 0 Å². The van der Waals surface area contributed by atoms with Crippen LogP contribution in [0.3, 0.4) is 0 Å². The summed E-state index contributed by atoms with van der Waals surface area (Å²) in [4.78, 5) is 35.0. The summed E-state index contributed by atoms with van der Waals surface area (Å²) < 4.78 is 34.9. The average molecular weight is 452 g/mol. The lowest BCUT2D eigenvalue weighted by atomic mass is 9.96. The van der Waals surface area contributed by atoms with E-state index in [4.69, 9.17) is 4.42 Å². The maximum atomic E-state index is 15.9. The SMILES string of the molecule is CNC(=O)c1c(-c2ccc(F)cc2)oc2cc([N+](=O)[O-])c(-c3cccc(C(=O)O)c3)c(F)c12. The number of carboxylic acid groups (broad SMARTS) is 1. The van der Waals surface area contributed by atoms with Gasteiger partial charge in [0.1, 0.15) is 23.0 Å². The number of hydrogen-bond acceptors (Lipinski definition) is 5. The Bertz CT molecular complexity index is 1440. The summed E-state index contributed by atoms with van der Waals surface area (Å²) >= 11 is 0. The van der Waals surface area contributed by atoms with E-state index in [1.54, 1.807) is 0 Å². The third-order valence-corrected chi connectivity index (χ3v) is 5.05. The highest BCUT2D eigenvalue weighted by molar-refractivity contribution is 6.13. The highest BCUT2D eigenvalue weighted by Crippen LogP contribution is 2.43. The molecule has 166 valence electrons. The molecule has 3 aromatic carbocycles. The van der Waals surface area contributed by atoms with E-state index in [1.165, 1.54) is 37.4 Å². The number of carbonyl (C=O) groups excluding carboxylic acids is 1. The first-order chi connectivity index (χ1) is 15.7. The second kappa shape index (κ2) is 8.15. The Morgan fingerprint density at radius 1 is 1.06 bits per heavy atom. The summed E-state index contributed by atoms with van der Waals surface area (Å²) in [5, 5.41) is 23.1. The normalized spacial score (nSPS) is 10.9. The Morgan fingerprint density at radius 2 is 1.76 bits per heavy atom. The van der Waals surface area contributed by atoms with E-state index >= 15 is 4.39 Å². The Balaban J connectivity index is 2.11. The zero-order valence-corrected chi connectivity index (χ0v) is 16.9. The monoisotopic (exact) mass is 452 g/mol. The minimum Gasteiger partial charge on any atom is -0.478 e. The van der Waals surface area contributed by atoms with E-state index in [0.717, 1.165) is 24.3 Å². The molecule has 2 N–H and O–H groups in total. The molecule has 0 aliphatic heterocycles. The number of nitrogens with zero attached hydrogens (tertiary/aromatic N) is 1. The van der Waals surface area contributed by atoms with Gasteiger partial charge in [-0.15, -0.1) is 0 Å². The number of carboxylic acids is 1. The van der Waals surface area contributed by atoms with Crippen molar-refractivity contribution in [1.82, 2.24) is 5.32 Å². The van der Waals surface area contributed by atoms with E-state index in [2.05, 4.69) is 5.32 Å². The zero-order chi connectivity index (χ0) is 23.9.